The van der Waals surface area contributed by atoms with Crippen LogP contribution in [0, 0.1) is 5.41 Å². The molecule has 1 fully saturated rings. The van der Waals surface area contributed by atoms with Crippen LogP contribution in [0.5, 0.6) is 0 Å². The van der Waals surface area contributed by atoms with Crippen molar-refractivity contribution in [3.8, 4) is 0 Å². The summed E-state index contributed by atoms with van der Waals surface area (Å²) in [7, 11) is 0. The van der Waals surface area contributed by atoms with Crippen LogP contribution in [0.1, 0.15) is 34.6 Å². The van der Waals surface area contributed by atoms with E-state index in [1.807, 2.05) is 26.0 Å². The highest BCUT2D eigenvalue weighted by molar-refractivity contribution is 5.08. The maximum absolute atomic E-state index is 9.68. The van der Waals surface area contributed by atoms with Gasteiger partial charge in [-0.15, -0.1) is 0 Å². The second kappa shape index (κ2) is 3.10. The second-order valence-corrected chi connectivity index (χ2v) is 5.36. The predicted octanol–water partition coefficient (Wildman–Crippen LogP) is 2.13. The van der Waals surface area contributed by atoms with E-state index in [2.05, 4.69) is 20.8 Å². The summed E-state index contributed by atoms with van der Waals surface area (Å²) in [6.07, 6.45) is 3.37. The lowest BCUT2D eigenvalue weighted by Gasteiger charge is -2.12. The van der Waals surface area contributed by atoms with Crippen LogP contribution in [0.4, 0.5) is 0 Å². The third-order valence-electron chi connectivity index (χ3n) is 2.16. The third-order valence-corrected chi connectivity index (χ3v) is 2.16. The van der Waals surface area contributed by atoms with Crippen LogP contribution in [0.2, 0.25) is 0 Å². The zero-order valence-electron chi connectivity index (χ0n) is 9.16. The Balaban J connectivity index is 2.44. The van der Waals surface area contributed by atoms with Crippen molar-refractivity contribution in [3.05, 3.63) is 12.2 Å². The maximum Gasteiger partial charge on any atom is 0.116 e. The van der Waals surface area contributed by atoms with Gasteiger partial charge in [0.2, 0.25) is 0 Å². The number of epoxide rings is 1. The molecule has 0 saturated carbocycles. The van der Waals surface area contributed by atoms with Crippen LogP contribution in [0.25, 0.3) is 0 Å². The highest BCUT2D eigenvalue weighted by Gasteiger charge is 2.51. The van der Waals surface area contributed by atoms with Crippen LogP contribution < -0.4 is 0 Å². The Morgan fingerprint density at radius 1 is 1.38 bits per heavy atom. The van der Waals surface area contributed by atoms with Crippen molar-refractivity contribution < 1.29 is 9.84 Å². The maximum atomic E-state index is 9.68. The first-order chi connectivity index (χ1) is 5.72. The molecular formula is C11H20O2. The van der Waals surface area contributed by atoms with Gasteiger partial charge in [0.25, 0.3) is 0 Å². The predicted molar refractivity (Wildman–Crippen MR) is 53.6 cm³/mol. The van der Waals surface area contributed by atoms with Gasteiger partial charge in [0.1, 0.15) is 12.2 Å². The Bertz CT molecular complexity index is 211. The fourth-order valence-corrected chi connectivity index (χ4v) is 1.26. The molecule has 1 rings (SSSR count). The fraction of sp³-hybridized carbons (Fsp3) is 0.818. The number of allylic oxidation sites excluding steroid dienone is 1. The lowest BCUT2D eigenvalue weighted by atomic mass is 9.94. The topological polar surface area (TPSA) is 32.8 Å². The van der Waals surface area contributed by atoms with E-state index in [1.165, 1.54) is 0 Å². The van der Waals surface area contributed by atoms with Gasteiger partial charge in [-0.2, -0.15) is 0 Å². The molecule has 1 heterocycles. The second-order valence-electron chi connectivity index (χ2n) is 5.36. The molecule has 0 amide bonds. The van der Waals surface area contributed by atoms with Gasteiger partial charge in [-0.05, 0) is 19.3 Å². The van der Waals surface area contributed by atoms with E-state index in [4.69, 9.17) is 4.74 Å². The van der Waals surface area contributed by atoms with E-state index < -0.39 is 6.10 Å². The van der Waals surface area contributed by atoms with Gasteiger partial charge in [-0.3, -0.25) is 0 Å². The summed E-state index contributed by atoms with van der Waals surface area (Å²) in [5.41, 5.74) is -0.0122. The summed E-state index contributed by atoms with van der Waals surface area (Å²) >= 11 is 0. The van der Waals surface area contributed by atoms with Gasteiger partial charge in [-0.25, -0.2) is 0 Å². The van der Waals surface area contributed by atoms with Gasteiger partial charge in [-0.1, -0.05) is 32.9 Å². The summed E-state index contributed by atoms with van der Waals surface area (Å²) in [5.74, 6) is 0. The Morgan fingerprint density at radius 3 is 2.15 bits per heavy atom. The molecule has 0 bridgehead atoms. The molecule has 0 aromatic carbocycles. The van der Waals surface area contributed by atoms with Crippen LogP contribution in [-0.4, -0.2) is 22.9 Å². The SMILES string of the molecule is CC(C)(C)/C=C/[C@H](O)[C@@H]1OC1(C)C. The standard InChI is InChI=1S/C11H20O2/c1-10(2,3)7-6-8(12)9-11(4,5)13-9/h6-9,12H,1-5H3/b7-6+/t8-,9-/m0/s1. The van der Waals surface area contributed by atoms with Gasteiger partial charge in [0.05, 0.1) is 5.60 Å². The van der Waals surface area contributed by atoms with Gasteiger partial charge in [0, 0.05) is 0 Å². The van der Waals surface area contributed by atoms with Gasteiger partial charge < -0.3 is 9.84 Å². The van der Waals surface area contributed by atoms with E-state index in [9.17, 15) is 5.11 Å². The molecular weight excluding hydrogens is 164 g/mol. The minimum absolute atomic E-state index is 0.0221. The van der Waals surface area contributed by atoms with E-state index in [-0.39, 0.29) is 17.1 Å². The van der Waals surface area contributed by atoms with Crippen molar-refractivity contribution in [1.82, 2.24) is 0 Å². The van der Waals surface area contributed by atoms with Crippen LogP contribution in [0.3, 0.4) is 0 Å². The smallest absolute Gasteiger partial charge is 0.116 e. The Morgan fingerprint density at radius 2 is 1.85 bits per heavy atom. The summed E-state index contributed by atoms with van der Waals surface area (Å²) in [6, 6.07) is 0. The zero-order valence-corrected chi connectivity index (χ0v) is 9.16. The largest absolute Gasteiger partial charge is 0.386 e. The molecule has 1 aliphatic heterocycles. The Kier molecular flexibility index (Phi) is 2.56. The van der Waals surface area contributed by atoms with Crippen molar-refractivity contribution in [2.45, 2.75) is 52.4 Å². The summed E-state index contributed by atoms with van der Waals surface area (Å²) in [5, 5.41) is 9.68. The third kappa shape index (κ3) is 3.12. The van der Waals surface area contributed by atoms with Crippen molar-refractivity contribution in [3.63, 3.8) is 0 Å². The molecule has 0 aliphatic carbocycles. The molecule has 0 radical (unpaired) electrons. The molecule has 0 spiro atoms. The van der Waals surface area contributed by atoms with Crippen LogP contribution >= 0.6 is 0 Å². The van der Waals surface area contributed by atoms with Crippen molar-refractivity contribution in [2.24, 2.45) is 5.41 Å². The average molecular weight is 184 g/mol. The minimum Gasteiger partial charge on any atom is -0.386 e. The number of aliphatic hydroxyl groups is 1. The summed E-state index contributed by atoms with van der Waals surface area (Å²) < 4.78 is 5.33. The molecule has 0 unspecified atom stereocenters. The molecule has 1 N–H and O–H groups in total. The highest BCUT2D eigenvalue weighted by atomic mass is 16.6. The summed E-state index contributed by atoms with van der Waals surface area (Å²) in [4.78, 5) is 0. The highest BCUT2D eigenvalue weighted by Crippen LogP contribution is 2.38. The van der Waals surface area contributed by atoms with Crippen molar-refractivity contribution >= 4 is 0 Å². The lowest BCUT2D eigenvalue weighted by Crippen LogP contribution is -2.18. The van der Waals surface area contributed by atoms with E-state index in [0.29, 0.717) is 0 Å². The zero-order chi connectivity index (χ0) is 10.3. The number of ether oxygens (including phenoxy) is 1. The normalized spacial score (nSPS) is 29.2. The fourth-order valence-electron chi connectivity index (χ4n) is 1.26. The van der Waals surface area contributed by atoms with E-state index >= 15 is 0 Å². The number of hydrogen-bond acceptors (Lipinski definition) is 2. The molecule has 13 heavy (non-hydrogen) atoms. The first-order valence-corrected chi connectivity index (χ1v) is 4.78. The van der Waals surface area contributed by atoms with Crippen LogP contribution in [-0.2, 0) is 4.74 Å². The molecule has 0 aromatic rings. The molecule has 76 valence electrons. The average Bonchev–Trinajstić information content (AvgIpc) is 2.53. The van der Waals surface area contributed by atoms with Crippen molar-refractivity contribution in [1.29, 1.82) is 0 Å². The first-order valence-electron chi connectivity index (χ1n) is 4.78. The first kappa shape index (κ1) is 10.7. The Hall–Kier alpha value is -0.340. The molecule has 1 saturated heterocycles. The lowest BCUT2D eigenvalue weighted by molar-refractivity contribution is 0.175. The number of aliphatic hydroxyl groups excluding tert-OH is 1. The molecule has 2 nitrogen and oxygen atoms in total. The summed E-state index contributed by atoms with van der Waals surface area (Å²) in [6.45, 7) is 10.3. The molecule has 0 aromatic heterocycles. The van der Waals surface area contributed by atoms with Crippen LogP contribution in [0.15, 0.2) is 12.2 Å². The van der Waals surface area contributed by atoms with Crippen molar-refractivity contribution in [2.75, 3.05) is 0 Å². The number of rotatable bonds is 2. The number of hydrogen-bond donors (Lipinski definition) is 1. The molecule has 2 heteroatoms. The van der Waals surface area contributed by atoms with Gasteiger partial charge >= 0.3 is 0 Å². The molecule has 2 atom stereocenters. The monoisotopic (exact) mass is 184 g/mol. The Labute approximate surface area is 80.6 Å². The van der Waals surface area contributed by atoms with E-state index in [0.717, 1.165) is 0 Å². The van der Waals surface area contributed by atoms with E-state index in [1.54, 1.807) is 0 Å². The molecule has 1 aliphatic rings. The quantitative estimate of drug-likeness (QED) is 0.526. The minimum atomic E-state index is -0.464. The van der Waals surface area contributed by atoms with Gasteiger partial charge in [0.15, 0.2) is 0 Å².